The SMILES string of the molecule is CC/C=C/C/C=C/C/C=C/CC(=O)OCC(COCCC(C(=O)[O-])[N+](C)(C)C)OC(=O)CCC/C=C/C/C=C/C/C=C/C/C=C/CCCCC. The molecule has 0 radical (unpaired) electrons. The van der Waals surface area contributed by atoms with Gasteiger partial charge < -0.3 is 28.6 Å². The third-order valence-corrected chi connectivity index (χ3v) is 7.55. The number of carboxylic acid groups (broad SMARTS) is 1. The first kappa shape index (κ1) is 46.5. The minimum absolute atomic E-state index is 0.0137. The maximum Gasteiger partial charge on any atom is 0.309 e. The van der Waals surface area contributed by atoms with Gasteiger partial charge in [-0.15, -0.1) is 0 Å². The number of hydrogen-bond donors (Lipinski definition) is 0. The van der Waals surface area contributed by atoms with E-state index in [9.17, 15) is 19.5 Å². The molecular weight excluding hydrogens is 630 g/mol. The molecule has 50 heavy (non-hydrogen) atoms. The molecule has 0 rings (SSSR count). The van der Waals surface area contributed by atoms with Crippen molar-refractivity contribution in [2.75, 3.05) is 41.0 Å². The van der Waals surface area contributed by atoms with Gasteiger partial charge in [0.2, 0.25) is 0 Å². The summed E-state index contributed by atoms with van der Waals surface area (Å²) in [5, 5.41) is 11.6. The van der Waals surface area contributed by atoms with Gasteiger partial charge in [0.15, 0.2) is 6.10 Å². The lowest BCUT2D eigenvalue weighted by Gasteiger charge is -2.34. The second kappa shape index (κ2) is 32.7. The molecule has 2 atom stereocenters. The summed E-state index contributed by atoms with van der Waals surface area (Å²) < 4.78 is 16.9. The van der Waals surface area contributed by atoms with Crippen molar-refractivity contribution in [2.24, 2.45) is 0 Å². The number of ether oxygens (including phenoxy) is 3. The lowest BCUT2D eigenvalue weighted by molar-refractivity contribution is -0.889. The van der Waals surface area contributed by atoms with Crippen LogP contribution in [0.15, 0.2) is 85.1 Å². The minimum atomic E-state index is -1.15. The maximum absolute atomic E-state index is 12.6. The van der Waals surface area contributed by atoms with Gasteiger partial charge in [0.05, 0.1) is 46.7 Å². The van der Waals surface area contributed by atoms with E-state index in [1.54, 1.807) is 27.2 Å². The lowest BCUT2D eigenvalue weighted by atomic mass is 10.1. The molecule has 0 aromatic rings. The third kappa shape index (κ3) is 30.6. The van der Waals surface area contributed by atoms with E-state index in [1.807, 2.05) is 12.2 Å². The van der Waals surface area contributed by atoms with Crippen molar-refractivity contribution in [2.45, 2.75) is 122 Å². The number of esters is 2. The molecule has 8 nitrogen and oxygen atoms in total. The summed E-state index contributed by atoms with van der Waals surface area (Å²) in [7, 11) is 5.34. The monoisotopic (exact) mass is 697 g/mol. The fourth-order valence-corrected chi connectivity index (χ4v) is 4.65. The highest BCUT2D eigenvalue weighted by molar-refractivity contribution is 5.71. The number of likely N-dealkylation sites (N-methyl/N-ethyl adjacent to an activating group) is 1. The molecule has 2 unspecified atom stereocenters. The Morgan fingerprint density at radius 3 is 1.68 bits per heavy atom. The summed E-state index contributed by atoms with van der Waals surface area (Å²) in [6.07, 6.45) is 40.9. The first-order valence-corrected chi connectivity index (χ1v) is 18.6. The van der Waals surface area contributed by atoms with Gasteiger partial charge in [-0.3, -0.25) is 9.59 Å². The van der Waals surface area contributed by atoms with Crippen LogP contribution in [0.3, 0.4) is 0 Å². The second-order valence-corrected chi connectivity index (χ2v) is 13.1. The molecule has 0 aliphatic heterocycles. The summed E-state index contributed by atoms with van der Waals surface area (Å²) in [5.74, 6) is -1.98. The van der Waals surface area contributed by atoms with Gasteiger partial charge in [0, 0.05) is 12.8 Å². The van der Waals surface area contributed by atoms with Gasteiger partial charge >= 0.3 is 11.9 Å². The molecule has 282 valence electrons. The van der Waals surface area contributed by atoms with E-state index in [0.29, 0.717) is 6.42 Å². The van der Waals surface area contributed by atoms with E-state index >= 15 is 0 Å². The predicted octanol–water partition coefficient (Wildman–Crippen LogP) is 8.07. The van der Waals surface area contributed by atoms with Gasteiger partial charge in [-0.25, -0.2) is 0 Å². The van der Waals surface area contributed by atoms with Crippen molar-refractivity contribution >= 4 is 17.9 Å². The zero-order chi connectivity index (χ0) is 37.1. The summed E-state index contributed by atoms with van der Waals surface area (Å²) in [4.78, 5) is 36.5. The standard InChI is InChI=1S/C42H67NO7/c1-6-8-10-12-14-16-17-18-19-20-21-22-23-25-27-29-31-33-41(45)50-38(36-48-35-34-39(42(46)47)43(3,4)5)37-49-40(44)32-30-28-26-24-15-13-11-9-7-2/h9,11,14-16,18-19,21-22,24-25,27-28,30,38-39H,6-8,10,12-13,17,20,23,26,29,31-37H2,1-5H3/b11-9+,16-14+,19-18+,22-21+,24-15+,27-25+,30-28+. The number of carboxylic acids is 1. The van der Waals surface area contributed by atoms with Crippen molar-refractivity contribution in [1.82, 2.24) is 0 Å². The van der Waals surface area contributed by atoms with Gasteiger partial charge in [0.25, 0.3) is 0 Å². The summed E-state index contributed by atoms with van der Waals surface area (Å²) in [6.45, 7) is 4.30. The second-order valence-electron chi connectivity index (χ2n) is 13.1. The van der Waals surface area contributed by atoms with Crippen LogP contribution in [0, 0.1) is 0 Å². The Labute approximate surface area is 303 Å². The number of rotatable bonds is 31. The van der Waals surface area contributed by atoms with Crippen LogP contribution in [0.1, 0.15) is 110 Å². The predicted molar refractivity (Wildman–Crippen MR) is 203 cm³/mol. The van der Waals surface area contributed by atoms with E-state index < -0.39 is 30.1 Å². The number of carbonyl (C=O) groups excluding carboxylic acids is 3. The molecule has 0 heterocycles. The highest BCUT2D eigenvalue weighted by Crippen LogP contribution is 2.09. The van der Waals surface area contributed by atoms with Crippen LogP contribution >= 0.6 is 0 Å². The first-order valence-electron chi connectivity index (χ1n) is 18.6. The highest BCUT2D eigenvalue weighted by Gasteiger charge is 2.25. The average molecular weight is 698 g/mol. The molecule has 0 amide bonds. The van der Waals surface area contributed by atoms with Crippen LogP contribution < -0.4 is 5.11 Å². The topological polar surface area (TPSA) is 102 Å². The molecule has 0 fully saturated rings. The van der Waals surface area contributed by atoms with Gasteiger partial charge in [-0.1, -0.05) is 112 Å². The van der Waals surface area contributed by atoms with Crippen LogP contribution in [0.25, 0.3) is 0 Å². The van der Waals surface area contributed by atoms with Gasteiger partial charge in [-0.2, -0.15) is 0 Å². The van der Waals surface area contributed by atoms with E-state index in [2.05, 4.69) is 80.7 Å². The van der Waals surface area contributed by atoms with Crippen molar-refractivity contribution in [3.63, 3.8) is 0 Å². The molecule has 0 saturated carbocycles. The number of allylic oxidation sites excluding steroid dienone is 13. The van der Waals surface area contributed by atoms with Crippen LogP contribution in [0.5, 0.6) is 0 Å². The fraction of sp³-hybridized carbons (Fsp3) is 0.595. The quantitative estimate of drug-likeness (QED) is 0.0313. The van der Waals surface area contributed by atoms with Gasteiger partial charge in [-0.05, 0) is 64.2 Å². The Bertz CT molecular complexity index is 1090. The Balaban J connectivity index is 4.62. The summed E-state index contributed by atoms with van der Waals surface area (Å²) >= 11 is 0. The molecule has 0 spiro atoms. The zero-order valence-corrected chi connectivity index (χ0v) is 31.8. The Morgan fingerprint density at radius 1 is 0.640 bits per heavy atom. The molecule has 0 saturated heterocycles. The van der Waals surface area contributed by atoms with Crippen molar-refractivity contribution < 1.29 is 38.2 Å². The number of nitrogens with zero attached hydrogens (tertiary/aromatic N) is 1. The van der Waals surface area contributed by atoms with Crippen LogP contribution in [0.2, 0.25) is 0 Å². The fourth-order valence-electron chi connectivity index (χ4n) is 4.65. The van der Waals surface area contributed by atoms with E-state index in [1.165, 1.54) is 25.7 Å². The number of hydrogen-bond acceptors (Lipinski definition) is 7. The first-order chi connectivity index (χ1) is 24.1. The number of carbonyl (C=O) groups is 3. The largest absolute Gasteiger partial charge is 0.544 e. The van der Waals surface area contributed by atoms with Crippen molar-refractivity contribution in [3.05, 3.63) is 85.1 Å². The third-order valence-electron chi connectivity index (χ3n) is 7.55. The Morgan fingerprint density at radius 2 is 1.16 bits per heavy atom. The van der Waals surface area contributed by atoms with Crippen molar-refractivity contribution in [1.29, 1.82) is 0 Å². The minimum Gasteiger partial charge on any atom is -0.544 e. The molecule has 0 N–H and O–H groups in total. The summed E-state index contributed by atoms with van der Waals surface area (Å²) in [6, 6.07) is -0.749. The normalized spacial score (nSPS) is 14.0. The lowest BCUT2D eigenvalue weighted by Crippen LogP contribution is -2.55. The van der Waals surface area contributed by atoms with Crippen LogP contribution in [-0.2, 0) is 28.6 Å². The van der Waals surface area contributed by atoms with Crippen LogP contribution in [-0.4, -0.2) is 75.5 Å². The van der Waals surface area contributed by atoms with E-state index in [0.717, 1.165) is 44.9 Å². The zero-order valence-electron chi connectivity index (χ0n) is 31.8. The van der Waals surface area contributed by atoms with E-state index in [4.69, 9.17) is 14.2 Å². The number of aliphatic carboxylic acids is 1. The summed E-state index contributed by atoms with van der Waals surface area (Å²) in [5.41, 5.74) is 0. The molecule has 0 aliphatic rings. The Kier molecular flexibility index (Phi) is 30.4. The smallest absolute Gasteiger partial charge is 0.309 e. The molecule has 8 heteroatoms. The molecule has 0 aromatic heterocycles. The van der Waals surface area contributed by atoms with Crippen LogP contribution in [0.4, 0.5) is 0 Å². The maximum atomic E-state index is 12.6. The average Bonchev–Trinajstić information content (AvgIpc) is 3.06. The molecule has 0 aromatic carbocycles. The Hall–Kier alpha value is -3.49. The molecular formula is C42H67NO7. The van der Waals surface area contributed by atoms with Gasteiger partial charge in [0.1, 0.15) is 12.6 Å². The van der Waals surface area contributed by atoms with Crippen molar-refractivity contribution in [3.8, 4) is 0 Å². The molecule has 0 aliphatic carbocycles. The van der Waals surface area contributed by atoms with E-state index in [-0.39, 0.29) is 43.6 Å². The highest BCUT2D eigenvalue weighted by atomic mass is 16.6. The molecule has 0 bridgehead atoms. The number of quaternary nitrogens is 1. The number of unbranched alkanes of at least 4 members (excludes halogenated alkanes) is 4.